The molecule has 0 saturated carbocycles. The summed E-state index contributed by atoms with van der Waals surface area (Å²) in [6.07, 6.45) is 3.63. The first-order chi connectivity index (χ1) is 22.3. The maximum absolute atomic E-state index is 5.11. The van der Waals surface area contributed by atoms with Crippen LogP contribution in [0.3, 0.4) is 0 Å². The lowest BCUT2D eigenvalue weighted by Crippen LogP contribution is -1.98. The number of hydrogen-bond donors (Lipinski definition) is 0. The molecule has 2 heterocycles. The highest BCUT2D eigenvalue weighted by Gasteiger charge is 2.18. The van der Waals surface area contributed by atoms with Crippen molar-refractivity contribution in [2.75, 3.05) is 0 Å². The number of benzene rings is 6. The van der Waals surface area contributed by atoms with Crippen LogP contribution in [0, 0.1) is 0 Å². The summed E-state index contributed by atoms with van der Waals surface area (Å²) in [5.74, 6) is 0. The molecule has 8 aromatic rings. The van der Waals surface area contributed by atoms with Crippen LogP contribution >= 0.6 is 0 Å². The summed E-state index contributed by atoms with van der Waals surface area (Å²) >= 11 is 0. The Kier molecular flexibility index (Phi) is 6.78. The van der Waals surface area contributed by atoms with E-state index >= 15 is 0 Å². The van der Waals surface area contributed by atoms with Gasteiger partial charge in [-0.3, -0.25) is 4.98 Å². The molecule has 0 N–H and O–H groups in total. The minimum Gasteiger partial charge on any atom is -0.265 e. The zero-order chi connectivity index (χ0) is 30.0. The van der Waals surface area contributed by atoms with Crippen molar-refractivity contribution < 1.29 is 0 Å². The molecule has 45 heavy (non-hydrogen) atoms. The smallest absolute Gasteiger partial charge is 0.121 e. The fraction of sp³-hybridized carbons (Fsp3) is 0. The number of hydrogen-bond acceptors (Lipinski definition) is 3. The highest BCUT2D eigenvalue weighted by Crippen LogP contribution is 2.40. The standard InChI is InChI=1S/C41H28N4/c1-3-11-31(12-4-1)35-15-7-8-17-37(35)33-27-39(38-18-10-9-16-36(38)32-13-5-2-6-14-32)41-40(28-33)43-45(44-41)34-21-19-29(20-22-34)30-23-25-42-26-24-30/h1-28H. The first-order valence-electron chi connectivity index (χ1n) is 15.0. The monoisotopic (exact) mass is 576 g/mol. The van der Waals surface area contributed by atoms with Gasteiger partial charge in [0.15, 0.2) is 0 Å². The van der Waals surface area contributed by atoms with Gasteiger partial charge in [-0.05, 0) is 86.5 Å². The van der Waals surface area contributed by atoms with E-state index in [1.807, 2.05) is 24.5 Å². The van der Waals surface area contributed by atoms with E-state index in [0.717, 1.165) is 61.2 Å². The van der Waals surface area contributed by atoms with Crippen molar-refractivity contribution >= 4 is 11.0 Å². The average Bonchev–Trinajstić information content (AvgIpc) is 3.57. The largest absolute Gasteiger partial charge is 0.265 e. The molecule has 0 saturated heterocycles. The Morgan fingerprint density at radius 1 is 0.356 bits per heavy atom. The van der Waals surface area contributed by atoms with Gasteiger partial charge in [0.05, 0.1) is 5.69 Å². The number of rotatable bonds is 6. The van der Waals surface area contributed by atoms with Gasteiger partial charge in [0, 0.05) is 18.0 Å². The maximum atomic E-state index is 5.11. The van der Waals surface area contributed by atoms with Crippen LogP contribution < -0.4 is 0 Å². The number of nitrogens with zero attached hydrogens (tertiary/aromatic N) is 4. The fourth-order valence-electron chi connectivity index (χ4n) is 6.02. The molecule has 6 aromatic carbocycles. The molecular weight excluding hydrogens is 548 g/mol. The lowest BCUT2D eigenvalue weighted by atomic mass is 9.89. The van der Waals surface area contributed by atoms with E-state index in [4.69, 9.17) is 10.2 Å². The zero-order valence-corrected chi connectivity index (χ0v) is 24.5. The molecule has 4 heteroatoms. The third-order valence-electron chi connectivity index (χ3n) is 8.22. The van der Waals surface area contributed by atoms with Crippen LogP contribution in [0.25, 0.3) is 72.4 Å². The van der Waals surface area contributed by atoms with Crippen molar-refractivity contribution in [3.8, 4) is 61.3 Å². The molecule has 4 nitrogen and oxygen atoms in total. The third kappa shape index (κ3) is 5.09. The van der Waals surface area contributed by atoms with Crippen LogP contribution in [0.15, 0.2) is 170 Å². The molecule has 0 amide bonds. The van der Waals surface area contributed by atoms with E-state index in [9.17, 15) is 0 Å². The van der Waals surface area contributed by atoms with Crippen molar-refractivity contribution in [3.63, 3.8) is 0 Å². The molecular formula is C41H28N4. The molecule has 212 valence electrons. The third-order valence-corrected chi connectivity index (χ3v) is 8.22. The van der Waals surface area contributed by atoms with Gasteiger partial charge in [0.1, 0.15) is 11.0 Å². The molecule has 0 radical (unpaired) electrons. The SMILES string of the molecule is c1ccc(-c2ccccc2-c2cc(-c3ccccc3-c3ccccc3)c3nn(-c4ccc(-c5ccncc5)cc4)nc3c2)cc1. The molecule has 0 unspecified atom stereocenters. The first-order valence-corrected chi connectivity index (χ1v) is 15.0. The summed E-state index contributed by atoms with van der Waals surface area (Å²) in [6.45, 7) is 0. The Morgan fingerprint density at radius 3 is 1.49 bits per heavy atom. The van der Waals surface area contributed by atoms with Gasteiger partial charge in [-0.15, -0.1) is 10.2 Å². The highest BCUT2D eigenvalue weighted by atomic mass is 15.5. The molecule has 0 aliphatic carbocycles. The molecule has 8 rings (SSSR count). The van der Waals surface area contributed by atoms with E-state index in [-0.39, 0.29) is 0 Å². The predicted octanol–water partition coefficient (Wildman–Crippen LogP) is 10.2. The Bertz CT molecular complexity index is 2240. The van der Waals surface area contributed by atoms with E-state index in [2.05, 4.69) is 151 Å². The summed E-state index contributed by atoms with van der Waals surface area (Å²) in [6, 6.07) is 55.0. The molecule has 0 aliphatic heterocycles. The molecule has 2 aromatic heterocycles. The van der Waals surface area contributed by atoms with Crippen LogP contribution in [0.5, 0.6) is 0 Å². The van der Waals surface area contributed by atoms with Crippen LogP contribution in [0.1, 0.15) is 0 Å². The molecule has 0 fully saturated rings. The van der Waals surface area contributed by atoms with Crippen molar-refractivity contribution in [3.05, 3.63) is 170 Å². The molecule has 0 spiro atoms. The number of aromatic nitrogens is 4. The summed E-state index contributed by atoms with van der Waals surface area (Å²) in [5, 5.41) is 10.2. The Hall–Kier alpha value is -6.13. The van der Waals surface area contributed by atoms with Crippen molar-refractivity contribution in [2.45, 2.75) is 0 Å². The second-order valence-electron chi connectivity index (χ2n) is 11.0. The first kappa shape index (κ1) is 26.5. The van der Waals surface area contributed by atoms with E-state index in [0.29, 0.717) is 0 Å². The lowest BCUT2D eigenvalue weighted by Gasteiger charge is -2.14. The van der Waals surface area contributed by atoms with Crippen molar-refractivity contribution in [1.82, 2.24) is 20.0 Å². The average molecular weight is 577 g/mol. The van der Waals surface area contributed by atoms with Crippen LogP contribution in [-0.2, 0) is 0 Å². The van der Waals surface area contributed by atoms with Gasteiger partial charge in [-0.2, -0.15) is 4.80 Å². The maximum Gasteiger partial charge on any atom is 0.121 e. The lowest BCUT2D eigenvalue weighted by molar-refractivity contribution is 0.766. The van der Waals surface area contributed by atoms with Crippen LogP contribution in [0.4, 0.5) is 0 Å². The second-order valence-corrected chi connectivity index (χ2v) is 11.0. The summed E-state index contributed by atoms with van der Waals surface area (Å²) in [4.78, 5) is 5.90. The molecule has 0 atom stereocenters. The minimum atomic E-state index is 0.839. The summed E-state index contributed by atoms with van der Waals surface area (Å²) in [7, 11) is 0. The van der Waals surface area contributed by atoms with Gasteiger partial charge in [-0.25, -0.2) is 0 Å². The Balaban J connectivity index is 1.33. The predicted molar refractivity (Wildman–Crippen MR) is 184 cm³/mol. The Labute approximate surface area is 261 Å². The van der Waals surface area contributed by atoms with E-state index in [1.165, 1.54) is 11.1 Å². The minimum absolute atomic E-state index is 0.839. The van der Waals surface area contributed by atoms with E-state index in [1.54, 1.807) is 4.80 Å². The highest BCUT2D eigenvalue weighted by molar-refractivity contribution is 6.01. The van der Waals surface area contributed by atoms with Crippen LogP contribution in [-0.4, -0.2) is 20.0 Å². The van der Waals surface area contributed by atoms with Gasteiger partial charge >= 0.3 is 0 Å². The zero-order valence-electron chi connectivity index (χ0n) is 24.5. The van der Waals surface area contributed by atoms with Gasteiger partial charge in [-0.1, -0.05) is 121 Å². The topological polar surface area (TPSA) is 43.6 Å². The quantitative estimate of drug-likeness (QED) is 0.198. The molecule has 0 bridgehead atoms. The summed E-state index contributed by atoms with van der Waals surface area (Å²) < 4.78 is 0. The number of pyridine rings is 1. The van der Waals surface area contributed by atoms with Crippen molar-refractivity contribution in [2.24, 2.45) is 0 Å². The summed E-state index contributed by atoms with van der Waals surface area (Å²) in [5.41, 5.74) is 13.9. The molecule has 0 aliphatic rings. The van der Waals surface area contributed by atoms with Gasteiger partial charge in [0.25, 0.3) is 0 Å². The van der Waals surface area contributed by atoms with Gasteiger partial charge < -0.3 is 0 Å². The second kappa shape index (κ2) is 11.5. The fourth-order valence-corrected chi connectivity index (χ4v) is 6.02. The van der Waals surface area contributed by atoms with Crippen LogP contribution in [0.2, 0.25) is 0 Å². The van der Waals surface area contributed by atoms with E-state index < -0.39 is 0 Å². The number of fused-ring (bicyclic) bond motifs is 1. The van der Waals surface area contributed by atoms with Gasteiger partial charge in [0.2, 0.25) is 0 Å². The normalized spacial score (nSPS) is 11.1. The van der Waals surface area contributed by atoms with Crippen molar-refractivity contribution in [1.29, 1.82) is 0 Å². The Morgan fingerprint density at radius 2 is 0.867 bits per heavy atom.